The molecule has 1 aromatic heterocycles. The van der Waals surface area contributed by atoms with Gasteiger partial charge in [-0.25, -0.2) is 12.4 Å². The number of nitrogens with zero attached hydrogens (tertiary/aromatic N) is 1. The molecule has 0 saturated heterocycles. The third-order valence-electron chi connectivity index (χ3n) is 3.90. The zero-order chi connectivity index (χ0) is 17.9. The quantitative estimate of drug-likeness (QED) is 0.502. The number of carbonyl (C=O) groups is 1. The van der Waals surface area contributed by atoms with Crippen molar-refractivity contribution in [2.75, 3.05) is 7.11 Å². The molecule has 0 unspecified atom stereocenters. The van der Waals surface area contributed by atoms with E-state index in [1.165, 1.54) is 17.3 Å². The number of hydrogen-bond donors (Lipinski definition) is 0. The molecule has 0 aliphatic rings. The highest BCUT2D eigenvalue weighted by atomic mass is 32.2. The highest BCUT2D eigenvalue weighted by molar-refractivity contribution is 7.90. The molecule has 0 saturated carbocycles. The van der Waals surface area contributed by atoms with Crippen molar-refractivity contribution in [1.29, 1.82) is 0 Å². The van der Waals surface area contributed by atoms with Gasteiger partial charge in [0, 0.05) is 17.1 Å². The molecule has 128 valence electrons. The first kappa shape index (κ1) is 17.0. The molecule has 0 N–H and O–H groups in total. The molecule has 0 aliphatic heterocycles. The fourth-order valence-electron chi connectivity index (χ4n) is 2.80. The lowest BCUT2D eigenvalue weighted by Crippen LogP contribution is -2.11. The van der Waals surface area contributed by atoms with Gasteiger partial charge in [-0.3, -0.25) is 4.79 Å². The van der Waals surface area contributed by atoms with E-state index in [9.17, 15) is 13.2 Å². The number of fused-ring (bicyclic) bond motifs is 1. The summed E-state index contributed by atoms with van der Waals surface area (Å²) in [7, 11) is -2.22. The van der Waals surface area contributed by atoms with Gasteiger partial charge in [-0.1, -0.05) is 30.3 Å². The lowest BCUT2D eigenvalue weighted by Gasteiger charge is -2.07. The summed E-state index contributed by atoms with van der Waals surface area (Å²) < 4.78 is 32.2. The SMILES string of the molecule is CO/C=C/Cc1cn(S(=O)(=O)c2ccccc2)c2cccc(C=O)c12. The minimum atomic E-state index is -3.75. The average Bonchev–Trinajstić information content (AvgIpc) is 3.02. The van der Waals surface area contributed by atoms with Crippen LogP contribution in [-0.4, -0.2) is 25.8 Å². The maximum Gasteiger partial charge on any atom is 0.268 e. The first-order valence-corrected chi connectivity index (χ1v) is 9.10. The summed E-state index contributed by atoms with van der Waals surface area (Å²) >= 11 is 0. The second-order valence-corrected chi connectivity index (χ2v) is 7.25. The van der Waals surface area contributed by atoms with Crippen LogP contribution in [0.5, 0.6) is 0 Å². The number of rotatable bonds is 6. The van der Waals surface area contributed by atoms with Crippen molar-refractivity contribution in [3.05, 3.63) is 78.2 Å². The highest BCUT2D eigenvalue weighted by Crippen LogP contribution is 2.28. The fraction of sp³-hybridized carbons (Fsp3) is 0.105. The van der Waals surface area contributed by atoms with Crippen LogP contribution in [0.4, 0.5) is 0 Å². The van der Waals surface area contributed by atoms with E-state index >= 15 is 0 Å². The largest absolute Gasteiger partial charge is 0.505 e. The Morgan fingerprint density at radius 1 is 1.08 bits per heavy atom. The standard InChI is InChI=1S/C19H17NO4S/c1-24-12-6-8-15-13-20(18-11-5-7-16(14-21)19(15)18)25(22,23)17-9-3-2-4-10-17/h2-7,9-14H,8H2,1H3/b12-6+. The number of aromatic nitrogens is 1. The number of benzene rings is 2. The molecule has 0 amide bonds. The van der Waals surface area contributed by atoms with Crippen LogP contribution in [0.15, 0.2) is 72.0 Å². The zero-order valence-electron chi connectivity index (χ0n) is 13.6. The second kappa shape index (κ2) is 6.94. The van der Waals surface area contributed by atoms with E-state index < -0.39 is 10.0 Å². The number of aldehydes is 1. The molecule has 1 heterocycles. The maximum absolute atomic E-state index is 13.0. The Hall–Kier alpha value is -2.86. The van der Waals surface area contributed by atoms with Gasteiger partial charge in [0.1, 0.15) is 0 Å². The van der Waals surface area contributed by atoms with Crippen LogP contribution in [0.3, 0.4) is 0 Å². The van der Waals surface area contributed by atoms with Crippen molar-refractivity contribution >= 4 is 27.2 Å². The molecule has 0 bridgehead atoms. The van der Waals surface area contributed by atoms with Crippen molar-refractivity contribution in [3.63, 3.8) is 0 Å². The lowest BCUT2D eigenvalue weighted by molar-refractivity contribution is 0.112. The fourth-order valence-corrected chi connectivity index (χ4v) is 4.20. The van der Waals surface area contributed by atoms with E-state index in [2.05, 4.69) is 0 Å². The van der Waals surface area contributed by atoms with Gasteiger partial charge in [-0.05, 0) is 36.3 Å². The van der Waals surface area contributed by atoms with Crippen molar-refractivity contribution in [2.24, 2.45) is 0 Å². The Kier molecular flexibility index (Phi) is 4.72. The lowest BCUT2D eigenvalue weighted by atomic mass is 10.1. The third kappa shape index (κ3) is 3.08. The van der Waals surface area contributed by atoms with E-state index in [0.717, 1.165) is 11.8 Å². The van der Waals surface area contributed by atoms with E-state index in [1.807, 2.05) is 0 Å². The Morgan fingerprint density at radius 2 is 1.84 bits per heavy atom. The molecule has 0 spiro atoms. The maximum atomic E-state index is 13.0. The van der Waals surface area contributed by atoms with Crippen LogP contribution in [0.1, 0.15) is 15.9 Å². The minimum absolute atomic E-state index is 0.197. The predicted molar refractivity (Wildman–Crippen MR) is 96.2 cm³/mol. The van der Waals surface area contributed by atoms with E-state index in [0.29, 0.717) is 22.9 Å². The summed E-state index contributed by atoms with van der Waals surface area (Å²) in [6, 6.07) is 13.3. The van der Waals surface area contributed by atoms with Gasteiger partial charge in [-0.15, -0.1) is 0 Å². The Labute approximate surface area is 146 Å². The number of carbonyl (C=O) groups excluding carboxylic acids is 1. The van der Waals surface area contributed by atoms with Gasteiger partial charge in [0.15, 0.2) is 6.29 Å². The molecule has 0 aliphatic carbocycles. The van der Waals surface area contributed by atoms with Gasteiger partial charge in [0.25, 0.3) is 10.0 Å². The van der Waals surface area contributed by atoms with E-state index in [1.54, 1.807) is 60.8 Å². The molecule has 3 aromatic rings. The third-order valence-corrected chi connectivity index (χ3v) is 5.59. The smallest absolute Gasteiger partial charge is 0.268 e. The molecule has 3 rings (SSSR count). The molecule has 2 aromatic carbocycles. The molecule has 0 radical (unpaired) electrons. The molecule has 0 fully saturated rings. The highest BCUT2D eigenvalue weighted by Gasteiger charge is 2.21. The van der Waals surface area contributed by atoms with Crippen LogP contribution in [0.2, 0.25) is 0 Å². The van der Waals surface area contributed by atoms with Gasteiger partial charge < -0.3 is 4.74 Å². The van der Waals surface area contributed by atoms with Gasteiger partial charge in [0.2, 0.25) is 0 Å². The van der Waals surface area contributed by atoms with Crippen molar-refractivity contribution in [2.45, 2.75) is 11.3 Å². The average molecular weight is 355 g/mol. The van der Waals surface area contributed by atoms with E-state index in [4.69, 9.17) is 4.74 Å². The first-order chi connectivity index (χ1) is 12.1. The second-order valence-electron chi connectivity index (χ2n) is 5.44. The monoisotopic (exact) mass is 355 g/mol. The van der Waals surface area contributed by atoms with Crippen molar-refractivity contribution in [3.8, 4) is 0 Å². The number of ether oxygens (including phenoxy) is 1. The van der Waals surface area contributed by atoms with Gasteiger partial charge in [0.05, 0.1) is 23.8 Å². The summed E-state index contributed by atoms with van der Waals surface area (Å²) in [6.07, 6.45) is 6.06. The van der Waals surface area contributed by atoms with Crippen LogP contribution >= 0.6 is 0 Å². The molecule has 5 nitrogen and oxygen atoms in total. The zero-order valence-corrected chi connectivity index (χ0v) is 14.4. The first-order valence-electron chi connectivity index (χ1n) is 7.66. The molecule has 0 atom stereocenters. The van der Waals surface area contributed by atoms with Crippen molar-refractivity contribution < 1.29 is 17.9 Å². The Balaban J connectivity index is 2.26. The van der Waals surface area contributed by atoms with Crippen LogP contribution in [0, 0.1) is 0 Å². The van der Waals surface area contributed by atoms with Crippen LogP contribution < -0.4 is 0 Å². The van der Waals surface area contributed by atoms with Crippen LogP contribution in [-0.2, 0) is 21.2 Å². The Bertz CT molecular complexity index is 1030. The van der Waals surface area contributed by atoms with Crippen LogP contribution in [0.25, 0.3) is 10.9 Å². The predicted octanol–water partition coefficient (Wildman–Crippen LogP) is 3.39. The van der Waals surface area contributed by atoms with Gasteiger partial charge >= 0.3 is 0 Å². The summed E-state index contributed by atoms with van der Waals surface area (Å²) in [4.78, 5) is 11.6. The topological polar surface area (TPSA) is 65.4 Å². The summed E-state index contributed by atoms with van der Waals surface area (Å²) in [5.41, 5.74) is 1.68. The molecular formula is C19H17NO4S. The minimum Gasteiger partial charge on any atom is -0.505 e. The van der Waals surface area contributed by atoms with Gasteiger partial charge in [-0.2, -0.15) is 0 Å². The Morgan fingerprint density at radius 3 is 2.52 bits per heavy atom. The number of methoxy groups -OCH3 is 1. The number of allylic oxidation sites excluding steroid dienone is 1. The molecule has 6 heteroatoms. The molecular weight excluding hydrogens is 338 g/mol. The summed E-state index contributed by atoms with van der Waals surface area (Å²) in [5, 5.41) is 0.637. The summed E-state index contributed by atoms with van der Waals surface area (Å²) in [5.74, 6) is 0. The molecule has 25 heavy (non-hydrogen) atoms. The normalized spacial score (nSPS) is 11.9. The van der Waals surface area contributed by atoms with E-state index in [-0.39, 0.29) is 4.90 Å². The van der Waals surface area contributed by atoms with Crippen molar-refractivity contribution in [1.82, 2.24) is 3.97 Å². The summed E-state index contributed by atoms with van der Waals surface area (Å²) in [6.45, 7) is 0. The number of hydrogen-bond acceptors (Lipinski definition) is 4.